The van der Waals surface area contributed by atoms with Gasteiger partial charge in [-0.1, -0.05) is 32.8 Å². The van der Waals surface area contributed by atoms with Gasteiger partial charge in [0.25, 0.3) is 0 Å². The van der Waals surface area contributed by atoms with Crippen molar-refractivity contribution in [3.8, 4) is 11.4 Å². The number of nitrogens with zero attached hydrogens (tertiary/aromatic N) is 3. The number of rotatable bonds is 7. The number of hydrogen-bond donors (Lipinski definition) is 2. The van der Waals surface area contributed by atoms with E-state index < -0.39 is 0 Å². The first kappa shape index (κ1) is 18.4. The van der Waals surface area contributed by atoms with E-state index in [0.717, 1.165) is 42.8 Å². The number of carbonyl (C=O) groups excluding carboxylic acids is 1. The third-order valence-electron chi connectivity index (χ3n) is 5.14. The Morgan fingerprint density at radius 3 is 2.69 bits per heavy atom. The second-order valence-corrected chi connectivity index (χ2v) is 6.96. The summed E-state index contributed by atoms with van der Waals surface area (Å²) in [6, 6.07) is 8.50. The van der Waals surface area contributed by atoms with Gasteiger partial charge < -0.3 is 10.6 Å². The van der Waals surface area contributed by atoms with Gasteiger partial charge in [-0.3, -0.25) is 9.67 Å². The molecule has 2 aromatic rings. The van der Waals surface area contributed by atoms with Crippen LogP contribution in [0.2, 0.25) is 0 Å². The first-order chi connectivity index (χ1) is 12.7. The third kappa shape index (κ3) is 4.42. The van der Waals surface area contributed by atoms with Crippen molar-refractivity contribution in [2.45, 2.75) is 71.0 Å². The molecule has 2 amide bonds. The summed E-state index contributed by atoms with van der Waals surface area (Å²) in [5.74, 6) is 0. The smallest absolute Gasteiger partial charge is 0.315 e. The molecule has 2 heterocycles. The topological polar surface area (TPSA) is 71.8 Å². The van der Waals surface area contributed by atoms with Gasteiger partial charge >= 0.3 is 6.03 Å². The fraction of sp³-hybridized carbons (Fsp3) is 0.550. The summed E-state index contributed by atoms with van der Waals surface area (Å²) < 4.78 is 2.12. The summed E-state index contributed by atoms with van der Waals surface area (Å²) in [5, 5.41) is 10.7. The van der Waals surface area contributed by atoms with Crippen LogP contribution in [0.25, 0.3) is 11.4 Å². The Morgan fingerprint density at radius 2 is 2.04 bits per heavy atom. The van der Waals surface area contributed by atoms with E-state index in [1.54, 1.807) is 0 Å². The number of aromatic nitrogens is 3. The van der Waals surface area contributed by atoms with E-state index in [0.29, 0.717) is 12.6 Å². The van der Waals surface area contributed by atoms with Gasteiger partial charge in [0.2, 0.25) is 0 Å². The van der Waals surface area contributed by atoms with Gasteiger partial charge in [0, 0.05) is 12.2 Å². The van der Waals surface area contributed by atoms with E-state index in [4.69, 9.17) is 5.10 Å². The zero-order chi connectivity index (χ0) is 18.4. The molecular weight excluding hydrogens is 326 g/mol. The summed E-state index contributed by atoms with van der Waals surface area (Å²) in [6.07, 6.45) is 8.48. The number of urea groups is 1. The maximum Gasteiger partial charge on any atom is 0.315 e. The minimum atomic E-state index is -0.131. The van der Waals surface area contributed by atoms with Gasteiger partial charge in [0.1, 0.15) is 0 Å². The molecule has 1 fully saturated rings. The molecule has 0 atom stereocenters. The Balaban J connectivity index is 1.73. The number of pyridine rings is 1. The van der Waals surface area contributed by atoms with Crippen LogP contribution in [0.1, 0.15) is 64.1 Å². The minimum Gasteiger partial charge on any atom is -0.335 e. The molecule has 140 valence electrons. The lowest BCUT2D eigenvalue weighted by molar-refractivity contribution is 0.235. The average molecular weight is 355 g/mol. The highest BCUT2D eigenvalue weighted by molar-refractivity contribution is 5.74. The lowest BCUT2D eigenvalue weighted by Gasteiger charge is -2.15. The van der Waals surface area contributed by atoms with Crippen LogP contribution in [0.3, 0.4) is 0 Å². The standard InChI is InChI=1S/C20H29N5O/c1-3-15(4-2)23-20(26)22-14-16-13-19(18-11-7-8-12-21-18)25(24-16)17-9-5-6-10-17/h7-8,11-13,15,17H,3-6,9-10,14H2,1-2H3,(H2,22,23,26). The van der Waals surface area contributed by atoms with E-state index in [2.05, 4.69) is 40.2 Å². The molecule has 6 heteroatoms. The van der Waals surface area contributed by atoms with Gasteiger partial charge in [0.05, 0.1) is 29.7 Å². The Morgan fingerprint density at radius 1 is 1.27 bits per heavy atom. The summed E-state index contributed by atoms with van der Waals surface area (Å²) in [7, 11) is 0. The van der Waals surface area contributed by atoms with Gasteiger partial charge in [-0.25, -0.2) is 4.79 Å². The van der Waals surface area contributed by atoms with Gasteiger partial charge in [-0.15, -0.1) is 0 Å². The van der Waals surface area contributed by atoms with Gasteiger partial charge in [-0.2, -0.15) is 5.10 Å². The summed E-state index contributed by atoms with van der Waals surface area (Å²) in [5.41, 5.74) is 2.84. The lowest BCUT2D eigenvalue weighted by Crippen LogP contribution is -2.41. The van der Waals surface area contributed by atoms with E-state index >= 15 is 0 Å². The largest absolute Gasteiger partial charge is 0.335 e. The average Bonchev–Trinajstić information content (AvgIpc) is 3.34. The molecule has 26 heavy (non-hydrogen) atoms. The van der Waals surface area contributed by atoms with Crippen molar-refractivity contribution in [2.24, 2.45) is 0 Å². The fourth-order valence-corrected chi connectivity index (χ4v) is 3.56. The third-order valence-corrected chi connectivity index (χ3v) is 5.14. The van der Waals surface area contributed by atoms with Crippen LogP contribution in [0.15, 0.2) is 30.5 Å². The van der Waals surface area contributed by atoms with Crippen LogP contribution in [0, 0.1) is 0 Å². The molecule has 0 radical (unpaired) electrons. The Hall–Kier alpha value is -2.37. The Labute approximate surface area is 155 Å². The predicted octanol–water partition coefficient (Wildman–Crippen LogP) is 4.05. The number of amides is 2. The summed E-state index contributed by atoms with van der Waals surface area (Å²) in [6.45, 7) is 4.58. The summed E-state index contributed by atoms with van der Waals surface area (Å²) in [4.78, 5) is 16.6. The van der Waals surface area contributed by atoms with Crippen LogP contribution >= 0.6 is 0 Å². The highest BCUT2D eigenvalue weighted by Gasteiger charge is 2.22. The zero-order valence-electron chi connectivity index (χ0n) is 15.7. The quantitative estimate of drug-likeness (QED) is 0.787. The molecule has 1 saturated carbocycles. The van der Waals surface area contributed by atoms with E-state index in [1.165, 1.54) is 12.8 Å². The first-order valence-electron chi connectivity index (χ1n) is 9.75. The first-order valence-corrected chi connectivity index (χ1v) is 9.75. The number of carbonyl (C=O) groups is 1. The summed E-state index contributed by atoms with van der Waals surface area (Å²) >= 11 is 0. The molecule has 6 nitrogen and oxygen atoms in total. The SMILES string of the molecule is CCC(CC)NC(=O)NCc1cc(-c2ccccn2)n(C2CCCC2)n1. The normalized spacial score (nSPS) is 14.7. The maximum atomic E-state index is 12.1. The van der Waals surface area contributed by atoms with Crippen molar-refractivity contribution in [3.05, 3.63) is 36.2 Å². The van der Waals surface area contributed by atoms with E-state index in [-0.39, 0.29) is 12.1 Å². The van der Waals surface area contributed by atoms with Crippen molar-refractivity contribution in [2.75, 3.05) is 0 Å². The lowest BCUT2D eigenvalue weighted by atomic mass is 10.2. The number of nitrogens with one attached hydrogen (secondary N) is 2. The van der Waals surface area contributed by atoms with Gasteiger partial charge in [-0.05, 0) is 43.9 Å². The molecule has 1 aliphatic rings. The predicted molar refractivity (Wildman–Crippen MR) is 103 cm³/mol. The molecular formula is C20H29N5O. The van der Waals surface area contributed by atoms with E-state index in [1.807, 2.05) is 24.4 Å². The monoisotopic (exact) mass is 355 g/mol. The van der Waals surface area contributed by atoms with Crippen molar-refractivity contribution in [1.82, 2.24) is 25.4 Å². The molecule has 0 saturated heterocycles. The van der Waals surface area contributed by atoms with E-state index in [9.17, 15) is 4.79 Å². The minimum absolute atomic E-state index is 0.131. The van der Waals surface area contributed by atoms with Crippen LogP contribution in [0.4, 0.5) is 4.79 Å². The van der Waals surface area contributed by atoms with Crippen molar-refractivity contribution in [1.29, 1.82) is 0 Å². The number of hydrogen-bond acceptors (Lipinski definition) is 3. The second kappa shape index (κ2) is 8.83. The Bertz CT molecular complexity index is 702. The van der Waals surface area contributed by atoms with Crippen molar-refractivity contribution >= 4 is 6.03 Å². The molecule has 1 aliphatic carbocycles. The van der Waals surface area contributed by atoms with Crippen LogP contribution in [-0.4, -0.2) is 26.8 Å². The van der Waals surface area contributed by atoms with Crippen molar-refractivity contribution in [3.63, 3.8) is 0 Å². The second-order valence-electron chi connectivity index (χ2n) is 6.96. The van der Waals surface area contributed by atoms with Crippen LogP contribution in [-0.2, 0) is 6.54 Å². The zero-order valence-corrected chi connectivity index (χ0v) is 15.7. The molecule has 2 aromatic heterocycles. The molecule has 0 unspecified atom stereocenters. The molecule has 2 N–H and O–H groups in total. The molecule has 0 aliphatic heterocycles. The highest BCUT2D eigenvalue weighted by Crippen LogP contribution is 2.33. The molecule has 0 spiro atoms. The maximum absolute atomic E-state index is 12.1. The van der Waals surface area contributed by atoms with Crippen LogP contribution < -0.4 is 10.6 Å². The van der Waals surface area contributed by atoms with Gasteiger partial charge in [0.15, 0.2) is 0 Å². The molecule has 3 rings (SSSR count). The fourth-order valence-electron chi connectivity index (χ4n) is 3.56. The highest BCUT2D eigenvalue weighted by atomic mass is 16.2. The van der Waals surface area contributed by atoms with Crippen molar-refractivity contribution < 1.29 is 4.79 Å². The molecule has 0 bridgehead atoms. The molecule has 0 aromatic carbocycles. The Kier molecular flexibility index (Phi) is 6.26. The van der Waals surface area contributed by atoms with Crippen LogP contribution in [0.5, 0.6) is 0 Å².